The molecule has 0 atom stereocenters. The van der Waals surface area contributed by atoms with E-state index in [1.165, 1.54) is 12.1 Å². The third-order valence-electron chi connectivity index (χ3n) is 6.91. The van der Waals surface area contributed by atoms with Gasteiger partial charge in [-0.25, -0.2) is 9.07 Å². The summed E-state index contributed by atoms with van der Waals surface area (Å²) in [4.78, 5) is 29.2. The van der Waals surface area contributed by atoms with Crippen LogP contribution < -0.4 is 4.90 Å². The van der Waals surface area contributed by atoms with E-state index in [0.29, 0.717) is 24.3 Å². The molecule has 1 aliphatic heterocycles. The fraction of sp³-hybridized carbons (Fsp3) is 0.370. The van der Waals surface area contributed by atoms with Crippen LogP contribution in [0.1, 0.15) is 58.3 Å². The number of hydrogen-bond donors (Lipinski definition) is 0. The van der Waals surface area contributed by atoms with Crippen LogP contribution in [0.5, 0.6) is 0 Å². The van der Waals surface area contributed by atoms with Gasteiger partial charge in [-0.2, -0.15) is 5.10 Å². The molecule has 3 aromatic rings. The van der Waals surface area contributed by atoms with Gasteiger partial charge in [0.25, 0.3) is 5.91 Å². The van der Waals surface area contributed by atoms with Gasteiger partial charge < -0.3 is 9.80 Å². The number of hydrogen-bond acceptors (Lipinski definition) is 4. The van der Waals surface area contributed by atoms with Crippen LogP contribution in [0.2, 0.25) is 0 Å². The lowest BCUT2D eigenvalue weighted by Crippen LogP contribution is -2.49. The highest BCUT2D eigenvalue weighted by Gasteiger charge is 2.30. The van der Waals surface area contributed by atoms with Crippen molar-refractivity contribution in [2.75, 3.05) is 31.1 Å². The lowest BCUT2D eigenvalue weighted by Gasteiger charge is -2.36. The minimum Gasteiger partial charge on any atom is -0.368 e. The number of amides is 1. The molecule has 6 nitrogen and oxygen atoms in total. The zero-order valence-corrected chi connectivity index (χ0v) is 19.5. The summed E-state index contributed by atoms with van der Waals surface area (Å²) in [6.07, 6.45) is 4.96. The molecule has 7 heteroatoms. The van der Waals surface area contributed by atoms with Crippen molar-refractivity contribution >= 4 is 17.4 Å². The summed E-state index contributed by atoms with van der Waals surface area (Å²) < 4.78 is 15.3. The number of carbonyl (C=O) groups excluding carboxylic acids is 2. The molecule has 1 amide bonds. The molecule has 1 fully saturated rings. The van der Waals surface area contributed by atoms with Gasteiger partial charge in [-0.3, -0.25) is 9.59 Å². The van der Waals surface area contributed by atoms with Crippen LogP contribution in [0.3, 0.4) is 0 Å². The Hall–Kier alpha value is -3.48. The fourth-order valence-corrected chi connectivity index (χ4v) is 4.97. The minimum absolute atomic E-state index is 0.0226. The number of ketones is 1. The summed E-state index contributed by atoms with van der Waals surface area (Å²) in [6, 6.07) is 14.0. The highest BCUT2D eigenvalue weighted by Crippen LogP contribution is 2.28. The monoisotopic (exact) mass is 460 g/mol. The number of carbonyl (C=O) groups is 2. The Labute approximate surface area is 199 Å². The molecule has 0 N–H and O–H groups in total. The number of benzene rings is 2. The van der Waals surface area contributed by atoms with Crippen molar-refractivity contribution in [3.63, 3.8) is 0 Å². The largest absolute Gasteiger partial charge is 0.368 e. The first-order valence-corrected chi connectivity index (χ1v) is 12.0. The summed E-state index contributed by atoms with van der Waals surface area (Å²) in [6.45, 7) is 4.26. The van der Waals surface area contributed by atoms with Gasteiger partial charge in [-0.05, 0) is 81.1 Å². The van der Waals surface area contributed by atoms with Gasteiger partial charge in [0.15, 0.2) is 11.5 Å². The number of aromatic nitrogens is 2. The van der Waals surface area contributed by atoms with Crippen molar-refractivity contribution in [3.05, 3.63) is 76.9 Å². The molecule has 0 unspecified atom stereocenters. The van der Waals surface area contributed by atoms with Gasteiger partial charge in [0.1, 0.15) is 5.82 Å². The zero-order valence-electron chi connectivity index (χ0n) is 19.5. The van der Waals surface area contributed by atoms with Crippen LogP contribution in [-0.4, -0.2) is 52.5 Å². The van der Waals surface area contributed by atoms with Gasteiger partial charge in [0.05, 0.1) is 5.69 Å². The average Bonchev–Trinajstić information content (AvgIpc) is 3.05. The van der Waals surface area contributed by atoms with E-state index in [4.69, 9.17) is 5.10 Å². The molecule has 2 aromatic carbocycles. The molecule has 0 saturated carbocycles. The first-order valence-electron chi connectivity index (χ1n) is 12.0. The molecule has 5 rings (SSSR count). The molecular formula is C27H29FN4O2. The predicted octanol–water partition coefficient (Wildman–Crippen LogP) is 4.45. The Kier molecular flexibility index (Phi) is 6.18. The van der Waals surface area contributed by atoms with E-state index >= 15 is 0 Å². The Balaban J connectivity index is 1.35. The van der Waals surface area contributed by atoms with E-state index in [1.54, 1.807) is 19.1 Å². The fourth-order valence-electron chi connectivity index (χ4n) is 4.97. The first kappa shape index (κ1) is 22.3. The standard InChI is InChI=1S/C27H29FN4O2/c1-19(33)20-7-11-22(12-8-20)30-15-17-31(18-16-30)27(34)26-24-5-3-2-4-6-25(24)32(29-26)23-13-9-21(28)10-14-23/h7-14H,2-6,15-18H2,1H3. The van der Waals surface area contributed by atoms with E-state index in [2.05, 4.69) is 4.90 Å². The van der Waals surface area contributed by atoms with Crippen molar-refractivity contribution in [2.45, 2.75) is 39.0 Å². The van der Waals surface area contributed by atoms with E-state index < -0.39 is 0 Å². The van der Waals surface area contributed by atoms with Gasteiger partial charge in [-0.15, -0.1) is 0 Å². The third kappa shape index (κ3) is 4.34. The van der Waals surface area contributed by atoms with Crippen LogP contribution in [0.25, 0.3) is 5.69 Å². The number of anilines is 1. The van der Waals surface area contributed by atoms with Crippen LogP contribution in [0.4, 0.5) is 10.1 Å². The Morgan fingerprint density at radius 2 is 1.47 bits per heavy atom. The first-order chi connectivity index (χ1) is 16.5. The summed E-state index contributed by atoms with van der Waals surface area (Å²) >= 11 is 0. The topological polar surface area (TPSA) is 58.4 Å². The molecule has 0 bridgehead atoms. The Morgan fingerprint density at radius 3 is 2.15 bits per heavy atom. The molecule has 176 valence electrons. The smallest absolute Gasteiger partial charge is 0.274 e. The third-order valence-corrected chi connectivity index (χ3v) is 6.91. The number of rotatable bonds is 4. The van der Waals surface area contributed by atoms with Crippen molar-refractivity contribution in [2.24, 2.45) is 0 Å². The quantitative estimate of drug-likeness (QED) is 0.427. The highest BCUT2D eigenvalue weighted by molar-refractivity contribution is 5.95. The van der Waals surface area contributed by atoms with E-state index in [9.17, 15) is 14.0 Å². The second kappa shape index (κ2) is 9.41. The van der Waals surface area contributed by atoms with E-state index in [0.717, 1.165) is 67.8 Å². The van der Waals surface area contributed by atoms with Crippen molar-refractivity contribution in [1.29, 1.82) is 0 Å². The summed E-state index contributed by atoms with van der Waals surface area (Å²) in [5.74, 6) is -0.251. The highest BCUT2D eigenvalue weighted by atomic mass is 19.1. The summed E-state index contributed by atoms with van der Waals surface area (Å²) in [5.41, 5.74) is 5.23. The minimum atomic E-state index is -0.285. The summed E-state index contributed by atoms with van der Waals surface area (Å²) in [7, 11) is 0. The molecular weight excluding hydrogens is 431 g/mol. The van der Waals surface area contributed by atoms with Crippen molar-refractivity contribution in [3.8, 4) is 5.69 Å². The predicted molar refractivity (Wildman–Crippen MR) is 129 cm³/mol. The maximum absolute atomic E-state index is 13.6. The number of halogens is 1. The number of nitrogens with zero attached hydrogens (tertiary/aromatic N) is 4. The van der Waals surface area contributed by atoms with Gasteiger partial charge in [-0.1, -0.05) is 6.42 Å². The molecule has 1 saturated heterocycles. The van der Waals surface area contributed by atoms with Crippen LogP contribution in [-0.2, 0) is 12.8 Å². The van der Waals surface area contributed by atoms with Gasteiger partial charge in [0.2, 0.25) is 0 Å². The van der Waals surface area contributed by atoms with E-state index in [1.807, 2.05) is 33.8 Å². The normalized spacial score (nSPS) is 16.2. The van der Waals surface area contributed by atoms with Gasteiger partial charge >= 0.3 is 0 Å². The number of fused-ring (bicyclic) bond motifs is 1. The van der Waals surface area contributed by atoms with Crippen LogP contribution in [0, 0.1) is 5.82 Å². The van der Waals surface area contributed by atoms with Gasteiger partial charge in [0, 0.05) is 48.7 Å². The SMILES string of the molecule is CC(=O)c1ccc(N2CCN(C(=O)c3nn(-c4ccc(F)cc4)c4c3CCCCC4)CC2)cc1. The molecule has 1 aliphatic carbocycles. The Bertz CT molecular complexity index is 1190. The van der Waals surface area contributed by atoms with Crippen LogP contribution in [0.15, 0.2) is 48.5 Å². The lowest BCUT2D eigenvalue weighted by atomic mass is 10.1. The molecule has 2 heterocycles. The van der Waals surface area contributed by atoms with E-state index in [-0.39, 0.29) is 17.5 Å². The molecule has 1 aromatic heterocycles. The second-order valence-electron chi connectivity index (χ2n) is 9.11. The summed E-state index contributed by atoms with van der Waals surface area (Å²) in [5, 5.41) is 4.77. The zero-order chi connectivity index (χ0) is 23.7. The van der Waals surface area contributed by atoms with Crippen molar-refractivity contribution in [1.82, 2.24) is 14.7 Å². The van der Waals surface area contributed by atoms with Crippen LogP contribution >= 0.6 is 0 Å². The maximum Gasteiger partial charge on any atom is 0.274 e. The molecule has 0 radical (unpaired) electrons. The molecule has 2 aliphatic rings. The number of Topliss-reactive ketones (excluding diaryl/α,β-unsaturated/α-hetero) is 1. The lowest BCUT2D eigenvalue weighted by molar-refractivity contribution is 0.0739. The Morgan fingerprint density at radius 1 is 0.824 bits per heavy atom. The second-order valence-corrected chi connectivity index (χ2v) is 9.11. The van der Waals surface area contributed by atoms with Crippen molar-refractivity contribution < 1.29 is 14.0 Å². The maximum atomic E-state index is 13.6. The molecule has 0 spiro atoms. The number of piperazine rings is 1. The molecule has 34 heavy (non-hydrogen) atoms. The average molecular weight is 461 g/mol.